The van der Waals surface area contributed by atoms with Crippen LogP contribution in [0.3, 0.4) is 0 Å². The summed E-state index contributed by atoms with van der Waals surface area (Å²) < 4.78 is 6.99. The average molecular weight is 210 g/mol. The fraction of sp³-hybridized carbons (Fsp3) is 0.636. The van der Waals surface area contributed by atoms with Gasteiger partial charge in [-0.15, -0.1) is 0 Å². The molecule has 0 N–H and O–H groups in total. The van der Waals surface area contributed by atoms with Crippen molar-refractivity contribution in [2.45, 2.75) is 27.7 Å². The lowest BCUT2D eigenvalue weighted by Gasteiger charge is -2.16. The normalized spacial score (nSPS) is 11.5. The van der Waals surface area contributed by atoms with E-state index in [9.17, 15) is 4.79 Å². The minimum atomic E-state index is -0.408. The quantitative estimate of drug-likeness (QED) is 0.717. The van der Waals surface area contributed by atoms with Crippen molar-refractivity contribution >= 4 is 5.78 Å². The number of rotatable bonds is 3. The standard InChI is InChI=1S/C11H18N2O2/c1-6-15-10-8(7-12-13(10)5)9(14)11(2,3)4/h7H,6H2,1-5H3. The lowest BCUT2D eigenvalue weighted by molar-refractivity contribution is 0.0853. The maximum atomic E-state index is 12.0. The molecule has 0 saturated carbocycles. The molecule has 1 rings (SSSR count). The van der Waals surface area contributed by atoms with E-state index in [1.165, 1.54) is 0 Å². The van der Waals surface area contributed by atoms with E-state index in [1.54, 1.807) is 17.9 Å². The molecule has 0 aliphatic carbocycles. The van der Waals surface area contributed by atoms with Crippen LogP contribution in [0.5, 0.6) is 5.88 Å². The number of hydrogen-bond acceptors (Lipinski definition) is 3. The van der Waals surface area contributed by atoms with Crippen LogP contribution in [-0.4, -0.2) is 22.2 Å². The van der Waals surface area contributed by atoms with Crippen LogP contribution in [0.4, 0.5) is 0 Å². The highest BCUT2D eigenvalue weighted by Gasteiger charge is 2.27. The van der Waals surface area contributed by atoms with Gasteiger partial charge in [0.2, 0.25) is 5.88 Å². The third-order valence-corrected chi connectivity index (χ3v) is 2.09. The smallest absolute Gasteiger partial charge is 0.222 e. The summed E-state index contributed by atoms with van der Waals surface area (Å²) in [5, 5.41) is 4.04. The Bertz CT molecular complexity index is 361. The minimum Gasteiger partial charge on any atom is -0.478 e. The number of ether oxygens (including phenoxy) is 1. The molecular weight excluding hydrogens is 192 g/mol. The molecule has 0 amide bonds. The Morgan fingerprint density at radius 3 is 2.60 bits per heavy atom. The molecule has 1 heterocycles. The number of carbonyl (C=O) groups excluding carboxylic acids is 1. The summed E-state index contributed by atoms with van der Waals surface area (Å²) in [5.41, 5.74) is 0.154. The molecule has 1 aromatic heterocycles. The van der Waals surface area contributed by atoms with Crippen molar-refractivity contribution in [3.63, 3.8) is 0 Å². The lowest BCUT2D eigenvalue weighted by Crippen LogP contribution is -2.20. The van der Waals surface area contributed by atoms with Gasteiger partial charge in [0.05, 0.1) is 18.4 Å². The summed E-state index contributed by atoms with van der Waals surface area (Å²) in [6.45, 7) is 8.08. The molecule has 0 saturated heterocycles. The maximum absolute atomic E-state index is 12.0. The van der Waals surface area contributed by atoms with Crippen LogP contribution in [0.2, 0.25) is 0 Å². The van der Waals surface area contributed by atoms with Crippen molar-refractivity contribution in [3.8, 4) is 5.88 Å². The first-order valence-electron chi connectivity index (χ1n) is 5.07. The van der Waals surface area contributed by atoms with Crippen molar-refractivity contribution in [1.82, 2.24) is 9.78 Å². The topological polar surface area (TPSA) is 44.1 Å². The summed E-state index contributed by atoms with van der Waals surface area (Å²) >= 11 is 0. The SMILES string of the molecule is CCOc1c(C(=O)C(C)(C)C)cnn1C. The highest BCUT2D eigenvalue weighted by atomic mass is 16.5. The van der Waals surface area contributed by atoms with E-state index in [-0.39, 0.29) is 5.78 Å². The number of nitrogens with zero attached hydrogens (tertiary/aromatic N) is 2. The van der Waals surface area contributed by atoms with Crippen molar-refractivity contribution in [3.05, 3.63) is 11.8 Å². The van der Waals surface area contributed by atoms with E-state index < -0.39 is 5.41 Å². The zero-order valence-electron chi connectivity index (χ0n) is 10.00. The van der Waals surface area contributed by atoms with Gasteiger partial charge in [-0.3, -0.25) is 4.79 Å². The molecule has 0 fully saturated rings. The first-order valence-corrected chi connectivity index (χ1v) is 5.07. The molecule has 0 bridgehead atoms. The minimum absolute atomic E-state index is 0.0547. The number of ketones is 1. The molecule has 0 spiro atoms. The molecular formula is C11H18N2O2. The molecule has 1 aromatic rings. The Labute approximate surface area is 90.2 Å². The van der Waals surface area contributed by atoms with Crippen LogP contribution in [0.1, 0.15) is 38.1 Å². The van der Waals surface area contributed by atoms with Gasteiger partial charge in [0.1, 0.15) is 0 Å². The van der Waals surface area contributed by atoms with E-state index in [4.69, 9.17) is 4.74 Å². The van der Waals surface area contributed by atoms with Crippen LogP contribution in [0, 0.1) is 5.41 Å². The second kappa shape index (κ2) is 4.04. The molecule has 0 aliphatic rings. The van der Waals surface area contributed by atoms with Crippen molar-refractivity contribution in [2.24, 2.45) is 12.5 Å². The maximum Gasteiger partial charge on any atom is 0.222 e. The van der Waals surface area contributed by atoms with E-state index in [2.05, 4.69) is 5.10 Å². The van der Waals surface area contributed by atoms with Crippen LogP contribution in [0.25, 0.3) is 0 Å². The highest BCUT2D eigenvalue weighted by Crippen LogP contribution is 2.26. The Balaban J connectivity index is 3.09. The van der Waals surface area contributed by atoms with Crippen LogP contribution >= 0.6 is 0 Å². The Kier molecular flexibility index (Phi) is 3.17. The van der Waals surface area contributed by atoms with Gasteiger partial charge in [0.25, 0.3) is 0 Å². The summed E-state index contributed by atoms with van der Waals surface area (Å²) in [6.07, 6.45) is 1.57. The molecule has 0 unspecified atom stereocenters. The van der Waals surface area contributed by atoms with Crippen LogP contribution in [0.15, 0.2) is 6.20 Å². The Morgan fingerprint density at radius 1 is 1.53 bits per heavy atom. The van der Waals surface area contributed by atoms with Crippen molar-refractivity contribution < 1.29 is 9.53 Å². The molecule has 15 heavy (non-hydrogen) atoms. The van der Waals surface area contributed by atoms with Gasteiger partial charge in [-0.05, 0) is 6.92 Å². The van der Waals surface area contributed by atoms with Gasteiger partial charge in [-0.25, -0.2) is 4.68 Å². The predicted octanol–water partition coefficient (Wildman–Crippen LogP) is 2.05. The first kappa shape index (κ1) is 11.8. The molecule has 0 aromatic carbocycles. The van der Waals surface area contributed by atoms with Gasteiger partial charge in [0.15, 0.2) is 5.78 Å². The zero-order valence-corrected chi connectivity index (χ0v) is 10.00. The predicted molar refractivity (Wildman–Crippen MR) is 58.2 cm³/mol. The van der Waals surface area contributed by atoms with Gasteiger partial charge < -0.3 is 4.74 Å². The van der Waals surface area contributed by atoms with Gasteiger partial charge in [0, 0.05) is 12.5 Å². The average Bonchev–Trinajstić information content (AvgIpc) is 2.46. The van der Waals surface area contributed by atoms with E-state index in [0.29, 0.717) is 18.1 Å². The Morgan fingerprint density at radius 2 is 2.13 bits per heavy atom. The second-order valence-electron chi connectivity index (χ2n) is 4.50. The summed E-state index contributed by atoms with van der Waals surface area (Å²) in [4.78, 5) is 12.0. The summed E-state index contributed by atoms with van der Waals surface area (Å²) in [6, 6.07) is 0. The molecule has 4 nitrogen and oxygen atoms in total. The van der Waals surface area contributed by atoms with E-state index in [0.717, 1.165) is 0 Å². The summed E-state index contributed by atoms with van der Waals surface area (Å²) in [7, 11) is 1.77. The second-order valence-corrected chi connectivity index (χ2v) is 4.50. The van der Waals surface area contributed by atoms with Crippen molar-refractivity contribution in [2.75, 3.05) is 6.61 Å². The number of hydrogen-bond donors (Lipinski definition) is 0. The number of carbonyl (C=O) groups is 1. The fourth-order valence-electron chi connectivity index (χ4n) is 1.29. The van der Waals surface area contributed by atoms with E-state index in [1.807, 2.05) is 27.7 Å². The first-order chi connectivity index (χ1) is 6.88. The molecule has 4 heteroatoms. The molecule has 0 aliphatic heterocycles. The molecule has 84 valence electrons. The van der Waals surface area contributed by atoms with Gasteiger partial charge >= 0.3 is 0 Å². The molecule has 0 atom stereocenters. The number of aryl methyl sites for hydroxylation is 1. The Hall–Kier alpha value is -1.32. The molecule has 0 radical (unpaired) electrons. The third-order valence-electron chi connectivity index (χ3n) is 2.09. The van der Waals surface area contributed by atoms with Crippen molar-refractivity contribution in [1.29, 1.82) is 0 Å². The number of aromatic nitrogens is 2. The highest BCUT2D eigenvalue weighted by molar-refractivity contribution is 6.01. The number of Topliss-reactive ketones (excluding diaryl/α,β-unsaturated/α-hetero) is 1. The lowest BCUT2D eigenvalue weighted by atomic mass is 9.87. The third kappa shape index (κ3) is 2.37. The van der Waals surface area contributed by atoms with E-state index >= 15 is 0 Å². The van der Waals surface area contributed by atoms with Gasteiger partial charge in [-0.1, -0.05) is 20.8 Å². The summed E-state index contributed by atoms with van der Waals surface area (Å²) in [5.74, 6) is 0.608. The monoisotopic (exact) mass is 210 g/mol. The van der Waals surface area contributed by atoms with Crippen LogP contribution < -0.4 is 4.74 Å². The largest absolute Gasteiger partial charge is 0.478 e. The van der Waals surface area contributed by atoms with Gasteiger partial charge in [-0.2, -0.15) is 5.10 Å². The zero-order chi connectivity index (χ0) is 11.6. The van der Waals surface area contributed by atoms with Crippen LogP contribution in [-0.2, 0) is 7.05 Å². The fourth-order valence-corrected chi connectivity index (χ4v) is 1.29.